The lowest BCUT2D eigenvalue weighted by Crippen LogP contribution is -2.37. The summed E-state index contributed by atoms with van der Waals surface area (Å²) in [4.78, 5) is 12.4. The highest BCUT2D eigenvalue weighted by atomic mass is 16.5. The summed E-state index contributed by atoms with van der Waals surface area (Å²) in [6.45, 7) is 3.53. The molecule has 0 bridgehead atoms. The summed E-state index contributed by atoms with van der Waals surface area (Å²) in [6, 6.07) is 18.4. The lowest BCUT2D eigenvalue weighted by Gasteiger charge is -2.27. The monoisotopic (exact) mass is 308 g/mol. The summed E-state index contributed by atoms with van der Waals surface area (Å²) in [6.07, 6.45) is 0. The smallest absolute Gasteiger partial charge is 0.317 e. The van der Waals surface area contributed by atoms with Crippen LogP contribution in [0.1, 0.15) is 30.9 Å². The zero-order chi connectivity index (χ0) is 16.7. The highest BCUT2D eigenvalue weighted by molar-refractivity contribution is 5.80. The van der Waals surface area contributed by atoms with Crippen LogP contribution in [0, 0.1) is 11.8 Å². The Morgan fingerprint density at radius 3 is 2.26 bits per heavy atom. The first kappa shape index (κ1) is 16.8. The Morgan fingerprint density at radius 2 is 1.70 bits per heavy atom. The molecule has 1 N–H and O–H groups in total. The van der Waals surface area contributed by atoms with E-state index < -0.39 is 17.5 Å². The quantitative estimate of drug-likeness (QED) is 0.697. The number of rotatable bonds is 4. The topological polar surface area (TPSA) is 46.5 Å². The van der Waals surface area contributed by atoms with Gasteiger partial charge in [-0.1, -0.05) is 60.4 Å². The number of hydrogen-bond acceptors (Lipinski definition) is 3. The number of carbonyl (C=O) groups excluding carboxylic acids is 1. The molecule has 0 aliphatic carbocycles. The summed E-state index contributed by atoms with van der Waals surface area (Å²) in [5.41, 5.74) is -0.0783. The molecule has 23 heavy (non-hydrogen) atoms. The summed E-state index contributed by atoms with van der Waals surface area (Å²) < 4.78 is 5.13. The van der Waals surface area contributed by atoms with Gasteiger partial charge in [-0.15, -0.1) is 0 Å². The van der Waals surface area contributed by atoms with Crippen molar-refractivity contribution in [2.75, 3.05) is 6.61 Å². The standard InChI is InChI=1S/C20H20O3/c1-3-23-19(21)18(17-12-8-5-9-13-17)20(2,22)15-14-16-10-6-4-7-11-16/h4-13,18,22H,3H2,1-2H3. The van der Waals surface area contributed by atoms with Gasteiger partial charge in [-0.2, -0.15) is 0 Å². The van der Waals surface area contributed by atoms with E-state index in [2.05, 4.69) is 11.8 Å². The second-order valence-electron chi connectivity index (χ2n) is 5.36. The first-order chi connectivity index (χ1) is 11.0. The normalized spacial score (nSPS) is 14.0. The van der Waals surface area contributed by atoms with Crippen LogP contribution >= 0.6 is 0 Å². The van der Waals surface area contributed by atoms with E-state index in [-0.39, 0.29) is 6.61 Å². The molecule has 0 saturated heterocycles. The van der Waals surface area contributed by atoms with Crippen molar-refractivity contribution >= 4 is 5.97 Å². The molecule has 0 aliphatic rings. The molecule has 0 radical (unpaired) electrons. The molecule has 2 unspecified atom stereocenters. The fourth-order valence-electron chi connectivity index (χ4n) is 2.35. The zero-order valence-electron chi connectivity index (χ0n) is 13.3. The molecule has 0 amide bonds. The van der Waals surface area contributed by atoms with Crippen LogP contribution in [0.3, 0.4) is 0 Å². The molecule has 118 valence electrons. The van der Waals surface area contributed by atoms with Crippen molar-refractivity contribution in [1.82, 2.24) is 0 Å². The third kappa shape index (κ3) is 4.45. The maximum atomic E-state index is 12.4. The fourth-order valence-corrected chi connectivity index (χ4v) is 2.35. The number of esters is 1. The molecule has 3 heteroatoms. The average molecular weight is 308 g/mol. The lowest BCUT2D eigenvalue weighted by molar-refractivity contribution is -0.149. The maximum Gasteiger partial charge on any atom is 0.317 e. The SMILES string of the molecule is CCOC(=O)C(c1ccccc1)C(C)(O)C#Cc1ccccc1. The first-order valence-electron chi connectivity index (χ1n) is 7.57. The van der Waals surface area contributed by atoms with Gasteiger partial charge < -0.3 is 9.84 Å². The molecule has 2 aromatic carbocycles. The van der Waals surface area contributed by atoms with Gasteiger partial charge in [0.2, 0.25) is 0 Å². The van der Waals surface area contributed by atoms with Crippen LogP contribution < -0.4 is 0 Å². The van der Waals surface area contributed by atoms with E-state index >= 15 is 0 Å². The van der Waals surface area contributed by atoms with E-state index in [1.54, 1.807) is 19.1 Å². The van der Waals surface area contributed by atoms with Crippen molar-refractivity contribution in [3.8, 4) is 11.8 Å². The Hall–Kier alpha value is -2.57. The van der Waals surface area contributed by atoms with Gasteiger partial charge >= 0.3 is 5.97 Å². The molecular weight excluding hydrogens is 288 g/mol. The second kappa shape index (κ2) is 7.62. The largest absolute Gasteiger partial charge is 0.465 e. The van der Waals surface area contributed by atoms with Crippen LogP contribution in [0.4, 0.5) is 0 Å². The van der Waals surface area contributed by atoms with E-state index in [0.29, 0.717) is 5.56 Å². The Labute approximate surface area is 136 Å². The van der Waals surface area contributed by atoms with Gasteiger partial charge in [0.15, 0.2) is 0 Å². The Bertz CT molecular complexity index is 694. The van der Waals surface area contributed by atoms with Crippen LogP contribution in [-0.4, -0.2) is 23.3 Å². The van der Waals surface area contributed by atoms with Gasteiger partial charge in [-0.05, 0) is 31.5 Å². The Balaban J connectivity index is 2.37. The predicted octanol–water partition coefficient (Wildman–Crippen LogP) is 3.14. The number of hydrogen-bond donors (Lipinski definition) is 1. The van der Waals surface area contributed by atoms with Crippen LogP contribution in [0.2, 0.25) is 0 Å². The van der Waals surface area contributed by atoms with Crippen molar-refractivity contribution < 1.29 is 14.6 Å². The lowest BCUT2D eigenvalue weighted by atomic mass is 9.83. The molecule has 0 heterocycles. The van der Waals surface area contributed by atoms with E-state index in [1.165, 1.54) is 6.92 Å². The minimum atomic E-state index is -1.54. The van der Waals surface area contributed by atoms with E-state index in [0.717, 1.165) is 5.56 Å². The van der Waals surface area contributed by atoms with Crippen molar-refractivity contribution in [2.45, 2.75) is 25.4 Å². The molecule has 2 rings (SSSR count). The molecule has 2 aromatic rings. The van der Waals surface area contributed by atoms with Gasteiger partial charge in [-0.3, -0.25) is 4.79 Å². The Kier molecular flexibility index (Phi) is 5.56. The highest BCUT2D eigenvalue weighted by Crippen LogP contribution is 2.29. The van der Waals surface area contributed by atoms with Crippen molar-refractivity contribution in [2.24, 2.45) is 0 Å². The number of carbonyl (C=O) groups is 1. The average Bonchev–Trinajstić information content (AvgIpc) is 2.55. The van der Waals surface area contributed by atoms with Gasteiger partial charge in [0.1, 0.15) is 11.5 Å². The summed E-state index contributed by atoms with van der Waals surface area (Å²) in [5.74, 6) is 4.40. The highest BCUT2D eigenvalue weighted by Gasteiger charge is 2.38. The third-order valence-electron chi connectivity index (χ3n) is 3.45. The molecule has 0 aliphatic heterocycles. The molecular formula is C20H20O3. The molecule has 0 aromatic heterocycles. The van der Waals surface area contributed by atoms with Crippen LogP contribution in [0.15, 0.2) is 60.7 Å². The molecule has 0 fully saturated rings. The van der Waals surface area contributed by atoms with Crippen LogP contribution in [0.5, 0.6) is 0 Å². The predicted molar refractivity (Wildman–Crippen MR) is 89.8 cm³/mol. The van der Waals surface area contributed by atoms with Crippen LogP contribution in [0.25, 0.3) is 0 Å². The zero-order valence-corrected chi connectivity index (χ0v) is 13.3. The van der Waals surface area contributed by atoms with Crippen molar-refractivity contribution in [3.63, 3.8) is 0 Å². The molecule has 3 nitrogen and oxygen atoms in total. The van der Waals surface area contributed by atoms with E-state index in [4.69, 9.17) is 4.74 Å². The number of ether oxygens (including phenoxy) is 1. The Morgan fingerprint density at radius 1 is 1.13 bits per heavy atom. The number of benzene rings is 2. The number of aliphatic hydroxyl groups is 1. The fraction of sp³-hybridized carbons (Fsp3) is 0.250. The summed E-state index contributed by atoms with van der Waals surface area (Å²) >= 11 is 0. The molecule has 0 saturated carbocycles. The summed E-state index contributed by atoms with van der Waals surface area (Å²) in [7, 11) is 0. The minimum absolute atomic E-state index is 0.254. The van der Waals surface area contributed by atoms with Gasteiger partial charge in [-0.25, -0.2) is 0 Å². The third-order valence-corrected chi connectivity index (χ3v) is 3.45. The van der Waals surface area contributed by atoms with E-state index in [1.807, 2.05) is 48.5 Å². The van der Waals surface area contributed by atoms with E-state index in [9.17, 15) is 9.90 Å². The van der Waals surface area contributed by atoms with Crippen molar-refractivity contribution in [1.29, 1.82) is 0 Å². The van der Waals surface area contributed by atoms with Crippen molar-refractivity contribution in [3.05, 3.63) is 71.8 Å². The summed E-state index contributed by atoms with van der Waals surface area (Å²) in [5, 5.41) is 10.8. The molecule has 0 spiro atoms. The maximum absolute atomic E-state index is 12.4. The van der Waals surface area contributed by atoms with Gasteiger partial charge in [0.25, 0.3) is 0 Å². The van der Waals surface area contributed by atoms with Crippen LogP contribution in [-0.2, 0) is 9.53 Å². The second-order valence-corrected chi connectivity index (χ2v) is 5.36. The molecule has 2 atom stereocenters. The van der Waals surface area contributed by atoms with Gasteiger partial charge in [0.05, 0.1) is 6.61 Å². The first-order valence-corrected chi connectivity index (χ1v) is 7.57. The minimum Gasteiger partial charge on any atom is -0.465 e. The van der Waals surface area contributed by atoms with Gasteiger partial charge in [0, 0.05) is 5.56 Å².